The van der Waals surface area contributed by atoms with E-state index in [1.165, 1.54) is 25.3 Å². The smallest absolute Gasteiger partial charge is 0.333 e. The number of allylic oxidation sites excluding steroid dienone is 1. The van der Waals surface area contributed by atoms with Crippen LogP contribution in [0.25, 0.3) is 0 Å². The first-order valence-corrected chi connectivity index (χ1v) is 5.21. The molecule has 0 bridgehead atoms. The van der Waals surface area contributed by atoms with E-state index in [-0.39, 0.29) is 6.61 Å². The van der Waals surface area contributed by atoms with Crippen LogP contribution in [0.1, 0.15) is 26.2 Å². The number of ether oxygens (including phenoxy) is 1. The molecule has 1 heterocycles. The fourth-order valence-corrected chi connectivity index (χ4v) is 1.65. The molecule has 0 aromatic heterocycles. The van der Waals surface area contributed by atoms with Crippen molar-refractivity contribution in [2.45, 2.75) is 26.2 Å². The number of hydrogen-bond acceptors (Lipinski definition) is 4. The molecule has 4 heteroatoms. The largest absolute Gasteiger partial charge is 0.447 e. The lowest BCUT2D eigenvalue weighted by molar-refractivity contribution is -0.136. The summed E-state index contributed by atoms with van der Waals surface area (Å²) in [7, 11) is 0. The van der Waals surface area contributed by atoms with Gasteiger partial charge in [0.1, 0.15) is 6.07 Å². The second-order valence-corrected chi connectivity index (χ2v) is 3.60. The molecule has 4 nitrogen and oxygen atoms in total. The normalized spacial score (nSPS) is 17.1. The van der Waals surface area contributed by atoms with E-state index >= 15 is 0 Å². The predicted octanol–water partition coefficient (Wildman–Crippen LogP) is 1.44. The quantitative estimate of drug-likeness (QED) is 0.520. The molecule has 0 N–H and O–H groups in total. The fourth-order valence-electron chi connectivity index (χ4n) is 1.65. The Balaban J connectivity index is 2.43. The maximum Gasteiger partial charge on any atom is 0.333 e. The van der Waals surface area contributed by atoms with E-state index in [1.54, 1.807) is 6.07 Å². The molecule has 1 rings (SSSR count). The van der Waals surface area contributed by atoms with E-state index in [9.17, 15) is 4.79 Å². The lowest BCUT2D eigenvalue weighted by Crippen LogP contribution is -2.28. The van der Waals surface area contributed by atoms with Gasteiger partial charge in [0.25, 0.3) is 0 Å². The third-order valence-corrected chi connectivity index (χ3v) is 2.46. The molecule has 15 heavy (non-hydrogen) atoms. The summed E-state index contributed by atoms with van der Waals surface area (Å²) >= 11 is 0. The lowest BCUT2D eigenvalue weighted by Gasteiger charge is -2.29. The monoisotopic (exact) mass is 208 g/mol. The summed E-state index contributed by atoms with van der Waals surface area (Å²) in [5, 5.41) is 8.24. The van der Waals surface area contributed by atoms with Crippen molar-refractivity contribution in [3.8, 4) is 6.07 Å². The van der Waals surface area contributed by atoms with E-state index < -0.39 is 5.97 Å². The van der Waals surface area contributed by atoms with E-state index in [2.05, 4.69) is 9.64 Å². The highest BCUT2D eigenvalue weighted by molar-refractivity contribution is 5.82. The Bertz CT molecular complexity index is 285. The summed E-state index contributed by atoms with van der Waals surface area (Å²) in [5.41, 5.74) is 0.928. The molecular formula is C11H16N2O2. The minimum Gasteiger partial charge on any atom is -0.447 e. The first-order valence-electron chi connectivity index (χ1n) is 5.21. The molecule has 0 amide bonds. The molecule has 0 aromatic rings. The van der Waals surface area contributed by atoms with Crippen LogP contribution in [0.4, 0.5) is 0 Å². The summed E-state index contributed by atoms with van der Waals surface area (Å²) in [6.07, 6.45) is 5.09. The van der Waals surface area contributed by atoms with E-state index in [0.717, 1.165) is 18.8 Å². The number of hydrogen-bond donors (Lipinski definition) is 0. The molecule has 0 saturated carbocycles. The molecule has 1 fully saturated rings. The first kappa shape index (κ1) is 11.6. The highest BCUT2D eigenvalue weighted by atomic mass is 16.5. The predicted molar refractivity (Wildman–Crippen MR) is 55.8 cm³/mol. The number of carbonyl (C=O) groups excluding carboxylic acids is 1. The zero-order valence-electron chi connectivity index (χ0n) is 9.03. The van der Waals surface area contributed by atoms with Crippen LogP contribution in [0.15, 0.2) is 11.8 Å². The zero-order valence-corrected chi connectivity index (χ0v) is 9.03. The number of nitriles is 1. The Hall–Kier alpha value is -1.50. The van der Waals surface area contributed by atoms with Crippen LogP contribution in [0.3, 0.4) is 0 Å². The molecule has 0 spiro atoms. The Morgan fingerprint density at radius 3 is 2.73 bits per heavy atom. The Morgan fingerprint density at radius 1 is 1.47 bits per heavy atom. The summed E-state index contributed by atoms with van der Waals surface area (Å²) in [4.78, 5) is 13.4. The van der Waals surface area contributed by atoms with Gasteiger partial charge in [-0.1, -0.05) is 0 Å². The second-order valence-electron chi connectivity index (χ2n) is 3.60. The fraction of sp³-hybridized carbons (Fsp3) is 0.636. The van der Waals surface area contributed by atoms with Gasteiger partial charge in [-0.2, -0.15) is 5.26 Å². The molecule has 1 aliphatic heterocycles. The summed E-state index contributed by atoms with van der Waals surface area (Å²) in [6.45, 7) is 3.74. The lowest BCUT2D eigenvalue weighted by atomic mass is 10.1. The van der Waals surface area contributed by atoms with Gasteiger partial charge in [0.2, 0.25) is 0 Å². The molecule has 0 unspecified atom stereocenters. The van der Waals surface area contributed by atoms with Crippen LogP contribution < -0.4 is 0 Å². The minimum absolute atomic E-state index is 0.178. The van der Waals surface area contributed by atoms with Gasteiger partial charge in [-0.25, -0.2) is 4.79 Å². The Morgan fingerprint density at radius 2 is 2.13 bits per heavy atom. The molecule has 0 atom stereocenters. The van der Waals surface area contributed by atoms with Crippen molar-refractivity contribution in [1.29, 1.82) is 5.26 Å². The van der Waals surface area contributed by atoms with Gasteiger partial charge in [-0.15, -0.1) is 0 Å². The first-order chi connectivity index (χ1) is 7.24. The van der Waals surface area contributed by atoms with E-state index in [4.69, 9.17) is 5.26 Å². The Kier molecular flexibility index (Phi) is 4.69. The van der Waals surface area contributed by atoms with Gasteiger partial charge in [0.05, 0.1) is 0 Å². The molecule has 0 aliphatic carbocycles. The van der Waals surface area contributed by atoms with Gasteiger partial charge >= 0.3 is 5.97 Å². The SMILES string of the molecule is C/C(=C/C(=O)OCC#N)N1CCCCC1. The van der Waals surface area contributed by atoms with E-state index in [1.807, 2.05) is 6.92 Å². The second kappa shape index (κ2) is 6.07. The number of piperidine rings is 1. The third-order valence-electron chi connectivity index (χ3n) is 2.46. The van der Waals surface area contributed by atoms with Crippen LogP contribution in [0.5, 0.6) is 0 Å². The standard InChI is InChI=1S/C11H16N2O2/c1-10(9-11(14)15-8-5-12)13-6-3-2-4-7-13/h9H,2-4,6-8H2,1H3/b10-9-. The van der Waals surface area contributed by atoms with Gasteiger partial charge in [0.15, 0.2) is 6.61 Å². The van der Waals surface area contributed by atoms with Crippen LogP contribution in [0.2, 0.25) is 0 Å². The molecule has 82 valence electrons. The van der Waals surface area contributed by atoms with Gasteiger partial charge in [-0.3, -0.25) is 0 Å². The maximum absolute atomic E-state index is 11.2. The minimum atomic E-state index is -0.431. The van der Waals surface area contributed by atoms with Gasteiger partial charge in [-0.05, 0) is 26.2 Å². The van der Waals surface area contributed by atoms with Crippen molar-refractivity contribution >= 4 is 5.97 Å². The maximum atomic E-state index is 11.2. The molecule has 1 aliphatic rings. The van der Waals surface area contributed by atoms with Crippen molar-refractivity contribution in [2.75, 3.05) is 19.7 Å². The average molecular weight is 208 g/mol. The number of carbonyl (C=O) groups is 1. The summed E-state index contributed by atoms with van der Waals surface area (Å²) in [5.74, 6) is -0.431. The number of nitrogens with zero attached hydrogens (tertiary/aromatic N) is 2. The highest BCUT2D eigenvalue weighted by Crippen LogP contribution is 2.13. The average Bonchev–Trinajstić information content (AvgIpc) is 2.27. The number of rotatable bonds is 3. The van der Waals surface area contributed by atoms with Crippen LogP contribution in [-0.4, -0.2) is 30.6 Å². The molecule has 0 radical (unpaired) electrons. The molecule has 0 aromatic carbocycles. The van der Waals surface area contributed by atoms with Crippen molar-refractivity contribution in [1.82, 2.24) is 4.90 Å². The zero-order chi connectivity index (χ0) is 11.1. The van der Waals surface area contributed by atoms with Crippen molar-refractivity contribution in [3.63, 3.8) is 0 Å². The summed E-state index contributed by atoms with van der Waals surface area (Å²) < 4.78 is 4.65. The van der Waals surface area contributed by atoms with Crippen molar-refractivity contribution < 1.29 is 9.53 Å². The topological polar surface area (TPSA) is 53.3 Å². The summed E-state index contributed by atoms with van der Waals surface area (Å²) in [6, 6.07) is 1.77. The van der Waals surface area contributed by atoms with Crippen LogP contribution >= 0.6 is 0 Å². The van der Waals surface area contributed by atoms with E-state index in [0.29, 0.717) is 0 Å². The molecular weight excluding hydrogens is 192 g/mol. The molecule has 1 saturated heterocycles. The van der Waals surface area contributed by atoms with Crippen molar-refractivity contribution in [3.05, 3.63) is 11.8 Å². The van der Waals surface area contributed by atoms with Crippen molar-refractivity contribution in [2.24, 2.45) is 0 Å². The number of esters is 1. The number of likely N-dealkylation sites (tertiary alicyclic amines) is 1. The van der Waals surface area contributed by atoms with Crippen LogP contribution in [-0.2, 0) is 9.53 Å². The van der Waals surface area contributed by atoms with Gasteiger partial charge in [0, 0.05) is 24.9 Å². The third kappa shape index (κ3) is 4.03. The Labute approximate surface area is 90.1 Å². The highest BCUT2D eigenvalue weighted by Gasteiger charge is 2.11. The van der Waals surface area contributed by atoms with Crippen LogP contribution in [0, 0.1) is 11.3 Å². The van der Waals surface area contributed by atoms with Gasteiger partial charge < -0.3 is 9.64 Å².